The Morgan fingerprint density at radius 1 is 1.61 bits per heavy atom. The van der Waals surface area contributed by atoms with Gasteiger partial charge in [0, 0.05) is 37.6 Å². The normalized spacial score (nSPS) is 12.1. The first kappa shape index (κ1) is 13.6. The molecule has 1 aromatic heterocycles. The van der Waals surface area contributed by atoms with Crippen molar-refractivity contribution >= 4 is 18.0 Å². The van der Waals surface area contributed by atoms with Crippen molar-refractivity contribution in [1.82, 2.24) is 9.97 Å². The van der Waals surface area contributed by atoms with Crippen molar-refractivity contribution in [3.05, 3.63) is 24.0 Å². The van der Waals surface area contributed by atoms with E-state index in [1.165, 1.54) is 18.5 Å². The first-order valence-corrected chi connectivity index (χ1v) is 5.36. The first-order valence-electron chi connectivity index (χ1n) is 5.36. The Morgan fingerprint density at radius 3 is 2.72 bits per heavy atom. The topological polar surface area (TPSA) is 90.1 Å². The molecule has 94 valence electrons. The predicted octanol–water partition coefficient (Wildman–Crippen LogP) is 1.17. The van der Waals surface area contributed by atoms with E-state index in [9.17, 15) is 4.79 Å². The molecule has 1 atom stereocenters. The zero-order chi connectivity index (χ0) is 13.5. The summed E-state index contributed by atoms with van der Waals surface area (Å²) in [6.07, 6.45) is 5.52. The van der Waals surface area contributed by atoms with Crippen LogP contribution in [0.5, 0.6) is 0 Å². The van der Waals surface area contributed by atoms with Gasteiger partial charge in [0.2, 0.25) is 5.95 Å². The third-order valence-corrected chi connectivity index (χ3v) is 2.19. The van der Waals surface area contributed by atoms with Gasteiger partial charge in [-0.25, -0.2) is 14.8 Å². The van der Waals surface area contributed by atoms with Gasteiger partial charge in [0.15, 0.2) is 0 Å². The summed E-state index contributed by atoms with van der Waals surface area (Å²) < 4.78 is 0. The zero-order valence-electron chi connectivity index (χ0n) is 10.2. The zero-order valence-corrected chi connectivity index (χ0v) is 10.2. The van der Waals surface area contributed by atoms with Crippen LogP contribution in [0.15, 0.2) is 18.5 Å². The highest BCUT2D eigenvalue weighted by molar-refractivity contribution is 5.85. The van der Waals surface area contributed by atoms with E-state index in [2.05, 4.69) is 16.0 Å². The molecule has 0 fully saturated rings. The molecule has 1 unspecified atom stereocenters. The Kier molecular flexibility index (Phi) is 4.81. The van der Waals surface area contributed by atoms with Crippen LogP contribution in [-0.2, 0) is 4.79 Å². The fourth-order valence-electron chi connectivity index (χ4n) is 1.32. The lowest BCUT2D eigenvalue weighted by Crippen LogP contribution is -2.25. The summed E-state index contributed by atoms with van der Waals surface area (Å²) in [6.45, 7) is 2.36. The molecule has 0 aliphatic heterocycles. The maximum Gasteiger partial charge on any atom is 0.328 e. The van der Waals surface area contributed by atoms with Gasteiger partial charge in [0.1, 0.15) is 0 Å². The Balaban J connectivity index is 2.71. The van der Waals surface area contributed by atoms with Crippen molar-refractivity contribution in [2.75, 3.05) is 18.5 Å². The highest BCUT2D eigenvalue weighted by Gasteiger charge is 2.08. The minimum atomic E-state index is -1.01. The average Bonchev–Trinajstić information content (AvgIpc) is 2.36. The molecule has 0 radical (unpaired) electrons. The summed E-state index contributed by atoms with van der Waals surface area (Å²) in [5.41, 5.74) is 0.614. The second-order valence-electron chi connectivity index (χ2n) is 3.90. The molecule has 0 bridgehead atoms. The van der Waals surface area contributed by atoms with Gasteiger partial charge >= 0.3 is 5.97 Å². The fourth-order valence-corrected chi connectivity index (χ4v) is 1.32. The van der Waals surface area contributed by atoms with Gasteiger partial charge in [0.25, 0.3) is 0 Å². The van der Waals surface area contributed by atoms with Crippen LogP contribution >= 0.6 is 0 Å². The number of hydrogen-bond donors (Lipinski definition) is 1. The molecule has 6 nitrogen and oxygen atoms in total. The second-order valence-corrected chi connectivity index (χ2v) is 3.90. The number of aliphatic carboxylic acids is 1. The lowest BCUT2D eigenvalue weighted by Gasteiger charge is -2.17. The molecule has 1 N–H and O–H groups in total. The highest BCUT2D eigenvalue weighted by Crippen LogP contribution is 2.08. The van der Waals surface area contributed by atoms with Crippen LogP contribution in [0.2, 0.25) is 0 Å². The number of aromatic nitrogens is 2. The molecule has 0 aromatic carbocycles. The monoisotopic (exact) mass is 246 g/mol. The third-order valence-electron chi connectivity index (χ3n) is 2.19. The molecule has 6 heteroatoms. The molecular weight excluding hydrogens is 232 g/mol. The molecule has 1 heterocycles. The quantitative estimate of drug-likeness (QED) is 0.784. The van der Waals surface area contributed by atoms with E-state index in [0.29, 0.717) is 18.1 Å². The summed E-state index contributed by atoms with van der Waals surface area (Å²) in [4.78, 5) is 20.3. The molecule has 18 heavy (non-hydrogen) atoms. The highest BCUT2D eigenvalue weighted by atomic mass is 16.4. The number of carboxylic acid groups (broad SMARTS) is 1. The Morgan fingerprint density at radius 2 is 2.22 bits per heavy atom. The van der Waals surface area contributed by atoms with E-state index >= 15 is 0 Å². The van der Waals surface area contributed by atoms with Gasteiger partial charge in [-0.1, -0.05) is 0 Å². The van der Waals surface area contributed by atoms with E-state index in [1.807, 2.05) is 6.92 Å². The largest absolute Gasteiger partial charge is 0.478 e. The van der Waals surface area contributed by atoms with E-state index < -0.39 is 5.97 Å². The maximum absolute atomic E-state index is 10.3. The summed E-state index contributed by atoms with van der Waals surface area (Å²) >= 11 is 0. The molecule has 0 spiro atoms. The standard InChI is InChI=1S/C12H14N4O2/c1-9(5-13)8-16(2)12-14-6-10(7-15-12)3-4-11(17)18/h3-4,6-7,9H,8H2,1-2H3,(H,17,18)/b4-3+. The lowest BCUT2D eigenvalue weighted by atomic mass is 10.2. The molecule has 0 aliphatic rings. The van der Waals surface area contributed by atoms with Gasteiger partial charge < -0.3 is 10.0 Å². The maximum atomic E-state index is 10.3. The number of hydrogen-bond acceptors (Lipinski definition) is 5. The number of anilines is 1. The molecule has 0 aliphatic carbocycles. The average molecular weight is 246 g/mol. The van der Waals surface area contributed by atoms with Gasteiger partial charge in [0.05, 0.1) is 12.0 Å². The van der Waals surface area contributed by atoms with Crippen LogP contribution in [-0.4, -0.2) is 34.6 Å². The summed E-state index contributed by atoms with van der Waals surface area (Å²) in [6, 6.07) is 2.14. The van der Waals surface area contributed by atoms with Crippen LogP contribution in [0.25, 0.3) is 6.08 Å². The van der Waals surface area contributed by atoms with Crippen LogP contribution < -0.4 is 4.90 Å². The Bertz CT molecular complexity index is 476. The number of carbonyl (C=O) groups is 1. The van der Waals surface area contributed by atoms with Gasteiger partial charge in [-0.05, 0) is 13.0 Å². The summed E-state index contributed by atoms with van der Waals surface area (Å²) in [5.74, 6) is -0.617. The predicted molar refractivity (Wildman–Crippen MR) is 66.7 cm³/mol. The van der Waals surface area contributed by atoms with Crippen LogP contribution in [0.1, 0.15) is 12.5 Å². The molecule has 1 rings (SSSR count). The van der Waals surface area contributed by atoms with E-state index in [-0.39, 0.29) is 5.92 Å². The van der Waals surface area contributed by atoms with Crippen molar-refractivity contribution in [2.45, 2.75) is 6.92 Å². The van der Waals surface area contributed by atoms with E-state index in [4.69, 9.17) is 10.4 Å². The molecule has 0 saturated heterocycles. The third kappa shape index (κ3) is 4.22. The molecule has 0 saturated carbocycles. The van der Waals surface area contributed by atoms with Crippen LogP contribution in [0, 0.1) is 17.2 Å². The SMILES string of the molecule is CC(C#N)CN(C)c1ncc(/C=C/C(=O)O)cn1. The summed E-state index contributed by atoms with van der Waals surface area (Å²) in [7, 11) is 1.80. The van der Waals surface area contributed by atoms with Crippen molar-refractivity contribution in [3.63, 3.8) is 0 Å². The Hall–Kier alpha value is -2.42. The van der Waals surface area contributed by atoms with Crippen molar-refractivity contribution in [3.8, 4) is 6.07 Å². The van der Waals surface area contributed by atoms with Crippen molar-refractivity contribution < 1.29 is 9.90 Å². The van der Waals surface area contributed by atoms with Gasteiger partial charge in [-0.2, -0.15) is 5.26 Å². The number of rotatable bonds is 5. The van der Waals surface area contributed by atoms with Crippen molar-refractivity contribution in [2.24, 2.45) is 5.92 Å². The van der Waals surface area contributed by atoms with Crippen molar-refractivity contribution in [1.29, 1.82) is 5.26 Å². The van der Waals surface area contributed by atoms with Crippen LogP contribution in [0.3, 0.4) is 0 Å². The van der Waals surface area contributed by atoms with Crippen LogP contribution in [0.4, 0.5) is 5.95 Å². The number of nitrogens with zero attached hydrogens (tertiary/aromatic N) is 4. The van der Waals surface area contributed by atoms with Gasteiger partial charge in [-0.15, -0.1) is 0 Å². The fraction of sp³-hybridized carbons (Fsp3) is 0.333. The lowest BCUT2D eigenvalue weighted by molar-refractivity contribution is -0.131. The minimum absolute atomic E-state index is 0.106. The van der Waals surface area contributed by atoms with Gasteiger partial charge in [-0.3, -0.25) is 0 Å². The molecule has 1 aromatic rings. The number of carboxylic acids is 1. The smallest absolute Gasteiger partial charge is 0.328 e. The Labute approximate surface area is 105 Å². The molecule has 0 amide bonds. The van der Waals surface area contributed by atoms with E-state index in [1.54, 1.807) is 11.9 Å². The number of nitriles is 1. The first-order chi connectivity index (χ1) is 8.52. The minimum Gasteiger partial charge on any atom is -0.478 e. The second kappa shape index (κ2) is 6.35. The summed E-state index contributed by atoms with van der Waals surface area (Å²) in [5, 5.41) is 17.2. The van der Waals surface area contributed by atoms with E-state index in [0.717, 1.165) is 6.08 Å². The molecular formula is C12H14N4O2.